The van der Waals surface area contributed by atoms with E-state index in [2.05, 4.69) is 9.97 Å². The molecule has 3 nitrogen and oxygen atoms in total. The number of rotatable bonds is 3. The van der Waals surface area contributed by atoms with Gasteiger partial charge in [-0.05, 0) is 11.6 Å². The number of nitrogens with zero attached hydrogens (tertiary/aromatic N) is 2. The van der Waals surface area contributed by atoms with Crippen LogP contribution in [0.15, 0.2) is 30.0 Å². The number of aliphatic hydroxyl groups excluding tert-OH is 1. The van der Waals surface area contributed by atoms with E-state index in [0.717, 1.165) is 10.4 Å². The van der Waals surface area contributed by atoms with E-state index in [1.165, 1.54) is 11.3 Å². The van der Waals surface area contributed by atoms with Gasteiger partial charge in [-0.3, -0.25) is 4.98 Å². The van der Waals surface area contributed by atoms with Gasteiger partial charge >= 0.3 is 0 Å². The van der Waals surface area contributed by atoms with Crippen LogP contribution in [-0.2, 0) is 6.42 Å². The van der Waals surface area contributed by atoms with Gasteiger partial charge in [0.05, 0.1) is 11.6 Å². The maximum Gasteiger partial charge on any atom is 0.129 e. The summed E-state index contributed by atoms with van der Waals surface area (Å²) in [5, 5.41) is 10.3. The zero-order chi connectivity index (χ0) is 10.7. The molecule has 0 aliphatic heterocycles. The van der Waals surface area contributed by atoms with Crippen molar-refractivity contribution in [3.63, 3.8) is 0 Å². The zero-order valence-corrected chi connectivity index (χ0v) is 9.37. The summed E-state index contributed by atoms with van der Waals surface area (Å²) >= 11 is 7.19. The zero-order valence-electron chi connectivity index (χ0n) is 7.80. The van der Waals surface area contributed by atoms with E-state index < -0.39 is 6.10 Å². The van der Waals surface area contributed by atoms with Crippen LogP contribution < -0.4 is 0 Å². The summed E-state index contributed by atoms with van der Waals surface area (Å²) in [6.07, 6.45) is 3.37. The Bertz CT molecular complexity index is 415. The summed E-state index contributed by atoms with van der Waals surface area (Å²) in [6.45, 7) is 0. The average Bonchev–Trinajstić information content (AvgIpc) is 2.71. The predicted octanol–water partition coefficient (Wildman–Crippen LogP) is 2.47. The van der Waals surface area contributed by atoms with Crippen molar-refractivity contribution in [1.82, 2.24) is 9.97 Å². The van der Waals surface area contributed by atoms with Gasteiger partial charge in [0.2, 0.25) is 0 Å². The summed E-state index contributed by atoms with van der Waals surface area (Å²) in [6, 6.07) is 3.45. The largest absolute Gasteiger partial charge is 0.388 e. The highest BCUT2D eigenvalue weighted by Gasteiger charge is 2.09. The molecule has 0 saturated carbocycles. The molecule has 2 aromatic heterocycles. The van der Waals surface area contributed by atoms with Gasteiger partial charge in [0.1, 0.15) is 5.15 Å². The number of hydrogen-bond donors (Lipinski definition) is 1. The highest BCUT2D eigenvalue weighted by atomic mass is 35.5. The molecule has 0 spiro atoms. The number of pyridine rings is 1. The molecule has 15 heavy (non-hydrogen) atoms. The Kier molecular flexibility index (Phi) is 3.30. The standard InChI is InChI=1S/C10H9ClN2OS/c11-10-2-1-7(4-13-10)9(14)3-8-5-12-6-15-8/h1-2,4-6,9,14H,3H2. The monoisotopic (exact) mass is 240 g/mol. The van der Waals surface area contributed by atoms with E-state index in [4.69, 9.17) is 11.6 Å². The third-order valence-electron chi connectivity index (χ3n) is 2.01. The summed E-state index contributed by atoms with van der Waals surface area (Å²) in [5.74, 6) is 0. The molecule has 2 heterocycles. The predicted molar refractivity (Wildman–Crippen MR) is 60.0 cm³/mol. The fraction of sp³-hybridized carbons (Fsp3) is 0.200. The van der Waals surface area contributed by atoms with Crippen molar-refractivity contribution in [2.45, 2.75) is 12.5 Å². The Balaban J connectivity index is 2.08. The molecule has 0 aliphatic carbocycles. The van der Waals surface area contributed by atoms with Gasteiger partial charge in [0.25, 0.3) is 0 Å². The first-order chi connectivity index (χ1) is 7.25. The van der Waals surface area contributed by atoms with Crippen LogP contribution in [0.25, 0.3) is 0 Å². The van der Waals surface area contributed by atoms with Crippen LogP contribution in [0.5, 0.6) is 0 Å². The minimum absolute atomic E-state index is 0.434. The molecule has 1 N–H and O–H groups in total. The fourth-order valence-corrected chi connectivity index (χ4v) is 1.98. The molecule has 1 unspecified atom stereocenters. The minimum Gasteiger partial charge on any atom is -0.388 e. The first-order valence-electron chi connectivity index (χ1n) is 4.42. The number of halogens is 1. The molecule has 78 valence electrons. The van der Waals surface area contributed by atoms with Crippen molar-refractivity contribution in [2.24, 2.45) is 0 Å². The lowest BCUT2D eigenvalue weighted by molar-refractivity contribution is 0.179. The van der Waals surface area contributed by atoms with Crippen LogP contribution in [-0.4, -0.2) is 15.1 Å². The molecular weight excluding hydrogens is 232 g/mol. The summed E-state index contributed by atoms with van der Waals surface area (Å²) < 4.78 is 0. The number of aliphatic hydroxyl groups is 1. The van der Waals surface area contributed by atoms with Crippen molar-refractivity contribution in [3.05, 3.63) is 45.6 Å². The lowest BCUT2D eigenvalue weighted by Crippen LogP contribution is -2.00. The van der Waals surface area contributed by atoms with E-state index in [9.17, 15) is 5.11 Å². The van der Waals surface area contributed by atoms with Crippen LogP contribution in [0.4, 0.5) is 0 Å². The second-order valence-electron chi connectivity index (χ2n) is 3.10. The lowest BCUT2D eigenvalue weighted by atomic mass is 10.1. The van der Waals surface area contributed by atoms with Gasteiger partial charge in [-0.25, -0.2) is 4.98 Å². The van der Waals surface area contributed by atoms with Gasteiger partial charge in [-0.15, -0.1) is 11.3 Å². The molecular formula is C10H9ClN2OS. The average molecular weight is 241 g/mol. The van der Waals surface area contributed by atoms with Crippen LogP contribution >= 0.6 is 22.9 Å². The van der Waals surface area contributed by atoms with Crippen molar-refractivity contribution < 1.29 is 5.11 Å². The van der Waals surface area contributed by atoms with Crippen molar-refractivity contribution in [3.8, 4) is 0 Å². The Labute approximate surface area is 96.4 Å². The second kappa shape index (κ2) is 4.70. The molecule has 0 radical (unpaired) electrons. The van der Waals surface area contributed by atoms with Gasteiger partial charge in [-0.2, -0.15) is 0 Å². The third kappa shape index (κ3) is 2.75. The molecule has 0 bridgehead atoms. The maximum atomic E-state index is 9.88. The highest BCUT2D eigenvalue weighted by molar-refractivity contribution is 7.09. The van der Waals surface area contributed by atoms with E-state index in [0.29, 0.717) is 11.6 Å². The van der Waals surface area contributed by atoms with Crippen LogP contribution in [0.1, 0.15) is 16.5 Å². The number of aromatic nitrogens is 2. The summed E-state index contributed by atoms with van der Waals surface area (Å²) in [7, 11) is 0. The SMILES string of the molecule is OC(Cc1cncs1)c1ccc(Cl)nc1. The van der Waals surface area contributed by atoms with Crippen LogP contribution in [0.3, 0.4) is 0 Å². The first kappa shape index (κ1) is 10.5. The Hall–Kier alpha value is -0.970. The lowest BCUT2D eigenvalue weighted by Gasteiger charge is -2.08. The number of hydrogen-bond acceptors (Lipinski definition) is 4. The van der Waals surface area contributed by atoms with E-state index >= 15 is 0 Å². The third-order valence-corrected chi connectivity index (χ3v) is 3.04. The molecule has 0 fully saturated rings. The molecule has 0 aromatic carbocycles. The van der Waals surface area contributed by atoms with Gasteiger partial charge in [0.15, 0.2) is 0 Å². The van der Waals surface area contributed by atoms with Gasteiger partial charge in [-0.1, -0.05) is 17.7 Å². The second-order valence-corrected chi connectivity index (χ2v) is 4.46. The summed E-state index contributed by atoms with van der Waals surface area (Å²) in [5.41, 5.74) is 2.52. The topological polar surface area (TPSA) is 46.0 Å². The van der Waals surface area contributed by atoms with Crippen molar-refractivity contribution in [2.75, 3.05) is 0 Å². The van der Waals surface area contributed by atoms with Crippen molar-refractivity contribution >= 4 is 22.9 Å². The van der Waals surface area contributed by atoms with E-state index in [-0.39, 0.29) is 0 Å². The molecule has 5 heteroatoms. The summed E-state index contributed by atoms with van der Waals surface area (Å²) in [4.78, 5) is 8.93. The number of thiazole rings is 1. The Morgan fingerprint density at radius 1 is 1.40 bits per heavy atom. The smallest absolute Gasteiger partial charge is 0.129 e. The fourth-order valence-electron chi connectivity index (χ4n) is 1.24. The molecule has 0 aliphatic rings. The van der Waals surface area contributed by atoms with Crippen LogP contribution in [0.2, 0.25) is 5.15 Å². The van der Waals surface area contributed by atoms with E-state index in [1.54, 1.807) is 30.0 Å². The molecule has 2 rings (SSSR count). The van der Waals surface area contributed by atoms with Gasteiger partial charge < -0.3 is 5.11 Å². The van der Waals surface area contributed by atoms with E-state index in [1.807, 2.05) is 0 Å². The van der Waals surface area contributed by atoms with Gasteiger partial charge in [0, 0.05) is 23.7 Å². The van der Waals surface area contributed by atoms with Crippen molar-refractivity contribution in [1.29, 1.82) is 0 Å². The first-order valence-corrected chi connectivity index (χ1v) is 5.68. The molecule has 2 aromatic rings. The quantitative estimate of drug-likeness (QED) is 0.839. The Morgan fingerprint density at radius 2 is 2.27 bits per heavy atom. The highest BCUT2D eigenvalue weighted by Crippen LogP contribution is 2.20. The molecule has 1 atom stereocenters. The normalized spacial score (nSPS) is 12.7. The minimum atomic E-state index is -0.546. The van der Waals surface area contributed by atoms with Crippen LogP contribution in [0, 0.1) is 0 Å². The Morgan fingerprint density at radius 3 is 2.87 bits per heavy atom. The maximum absolute atomic E-state index is 9.88. The molecule has 0 saturated heterocycles. The molecule has 0 amide bonds.